The van der Waals surface area contributed by atoms with Gasteiger partial charge in [-0.2, -0.15) is 0 Å². The molecule has 6 aromatic rings. The topological polar surface area (TPSA) is 84.5 Å². The molecule has 7 rings (SSSR count). The van der Waals surface area contributed by atoms with Crippen LogP contribution in [0.4, 0.5) is 11.4 Å². The number of fused-ring (bicyclic) bond motifs is 2. The van der Waals surface area contributed by atoms with E-state index >= 15 is 9.59 Å². The smallest absolute Gasteiger partial charge is 0.339 e. The van der Waals surface area contributed by atoms with Crippen molar-refractivity contribution in [3.63, 3.8) is 0 Å². The zero-order chi connectivity index (χ0) is 42.6. The van der Waals surface area contributed by atoms with Crippen LogP contribution in [0.3, 0.4) is 0 Å². The third-order valence-corrected chi connectivity index (χ3v) is 12.2. The highest BCUT2D eigenvalue weighted by Crippen LogP contribution is 2.46. The second-order valence-corrected chi connectivity index (χ2v) is 16.7. The van der Waals surface area contributed by atoms with Crippen molar-refractivity contribution in [1.29, 1.82) is 0 Å². The average molecular weight is 831 g/mol. The van der Waals surface area contributed by atoms with Crippen LogP contribution in [0.1, 0.15) is 91.6 Å². The SMILES string of the molecule is C=C.C=Cc1ccc(Cc2ccccc2Sc2ccc(NCCC)c3c2C(=O)c2c(NCC(C)C)ccc(Sc4ccccc4C(=O)OCc4ccccc4)c2C3=O)cc1. The fourth-order valence-corrected chi connectivity index (χ4v) is 9.05. The van der Waals surface area contributed by atoms with Gasteiger partial charge in [-0.1, -0.05) is 142 Å². The molecule has 1 aliphatic rings. The lowest BCUT2D eigenvalue weighted by molar-refractivity contribution is 0.0468. The lowest BCUT2D eigenvalue weighted by Crippen LogP contribution is -2.26. The minimum Gasteiger partial charge on any atom is -0.457 e. The van der Waals surface area contributed by atoms with Crippen molar-refractivity contribution < 1.29 is 19.1 Å². The van der Waals surface area contributed by atoms with Gasteiger partial charge in [-0.05, 0) is 83.5 Å². The van der Waals surface area contributed by atoms with Crippen LogP contribution in [0, 0.1) is 5.92 Å². The van der Waals surface area contributed by atoms with Crippen LogP contribution in [0.5, 0.6) is 0 Å². The minimum absolute atomic E-state index is 0.134. The molecule has 0 heterocycles. The number of ether oxygens (including phenoxy) is 1. The molecule has 0 unspecified atom stereocenters. The van der Waals surface area contributed by atoms with Crippen molar-refractivity contribution in [3.05, 3.63) is 197 Å². The van der Waals surface area contributed by atoms with E-state index < -0.39 is 5.97 Å². The van der Waals surface area contributed by atoms with Gasteiger partial charge in [-0.3, -0.25) is 9.59 Å². The Balaban J connectivity index is 0.00000297. The molecular formula is C52H50N2O4S2. The van der Waals surface area contributed by atoms with Gasteiger partial charge in [0.15, 0.2) is 11.6 Å². The van der Waals surface area contributed by atoms with Crippen LogP contribution in [-0.4, -0.2) is 30.6 Å². The fraction of sp³-hybridized carbons (Fsp3) is 0.173. The third-order valence-electron chi connectivity index (χ3n) is 9.85. The van der Waals surface area contributed by atoms with Crippen LogP contribution in [0.25, 0.3) is 6.08 Å². The molecule has 0 aromatic heterocycles. The number of benzene rings is 6. The van der Waals surface area contributed by atoms with Gasteiger partial charge in [0.2, 0.25) is 0 Å². The van der Waals surface area contributed by atoms with Crippen molar-refractivity contribution >= 4 is 58.5 Å². The van der Waals surface area contributed by atoms with Gasteiger partial charge in [0.25, 0.3) is 0 Å². The second kappa shape index (κ2) is 20.7. The van der Waals surface area contributed by atoms with Crippen molar-refractivity contribution in [1.82, 2.24) is 0 Å². The number of nitrogens with one attached hydrogen (secondary N) is 2. The molecule has 304 valence electrons. The lowest BCUT2D eigenvalue weighted by Gasteiger charge is -2.27. The summed E-state index contributed by atoms with van der Waals surface area (Å²) in [6, 6.07) is 41.0. The van der Waals surface area contributed by atoms with Gasteiger partial charge < -0.3 is 15.4 Å². The molecular weight excluding hydrogens is 781 g/mol. The monoisotopic (exact) mass is 830 g/mol. The molecule has 0 spiro atoms. The van der Waals surface area contributed by atoms with Crippen LogP contribution >= 0.6 is 23.5 Å². The van der Waals surface area contributed by atoms with E-state index in [4.69, 9.17) is 4.74 Å². The number of rotatable bonds is 16. The molecule has 0 amide bonds. The van der Waals surface area contributed by atoms with Gasteiger partial charge in [-0.15, -0.1) is 13.2 Å². The minimum atomic E-state index is -0.467. The second-order valence-electron chi connectivity index (χ2n) is 14.6. The Morgan fingerprint density at radius 2 is 1.22 bits per heavy atom. The van der Waals surface area contributed by atoms with Gasteiger partial charge in [0.1, 0.15) is 6.61 Å². The van der Waals surface area contributed by atoms with Gasteiger partial charge in [-0.25, -0.2) is 4.79 Å². The Kier molecular flexibility index (Phi) is 15.0. The van der Waals surface area contributed by atoms with E-state index in [1.165, 1.54) is 23.5 Å². The average Bonchev–Trinajstić information content (AvgIpc) is 3.28. The maximum absolute atomic E-state index is 15.3. The predicted molar refractivity (Wildman–Crippen MR) is 249 cm³/mol. The highest BCUT2D eigenvalue weighted by Gasteiger charge is 2.38. The van der Waals surface area contributed by atoms with Crippen LogP contribution in [-0.2, 0) is 17.8 Å². The Bertz CT molecular complexity index is 2500. The summed E-state index contributed by atoms with van der Waals surface area (Å²) in [6.45, 7) is 17.5. The summed E-state index contributed by atoms with van der Waals surface area (Å²) in [5, 5.41) is 6.94. The van der Waals surface area contributed by atoms with Crippen molar-refractivity contribution in [2.45, 2.75) is 59.8 Å². The molecule has 1 aliphatic carbocycles. The normalized spacial score (nSPS) is 11.5. The lowest BCUT2D eigenvalue weighted by atomic mass is 9.82. The maximum Gasteiger partial charge on any atom is 0.339 e. The predicted octanol–water partition coefficient (Wildman–Crippen LogP) is 13.0. The first-order valence-electron chi connectivity index (χ1n) is 20.1. The summed E-state index contributed by atoms with van der Waals surface area (Å²) >= 11 is 2.81. The molecule has 0 saturated carbocycles. The number of carbonyl (C=O) groups is 3. The number of hydrogen-bond acceptors (Lipinski definition) is 8. The quantitative estimate of drug-likeness (QED) is 0.0736. The van der Waals surface area contributed by atoms with Crippen LogP contribution in [0.2, 0.25) is 0 Å². The van der Waals surface area contributed by atoms with E-state index in [1.807, 2.05) is 84.9 Å². The highest BCUT2D eigenvalue weighted by atomic mass is 32.2. The molecule has 0 saturated heterocycles. The van der Waals surface area contributed by atoms with Gasteiger partial charge in [0.05, 0.1) is 16.7 Å². The first kappa shape index (κ1) is 43.5. The Hall–Kier alpha value is -6.09. The molecule has 0 bridgehead atoms. The molecule has 6 aromatic carbocycles. The summed E-state index contributed by atoms with van der Waals surface area (Å²) in [6.07, 6.45) is 3.38. The van der Waals surface area contributed by atoms with Gasteiger partial charge in [0, 0.05) is 55.2 Å². The molecule has 0 atom stereocenters. The van der Waals surface area contributed by atoms with Crippen LogP contribution < -0.4 is 10.6 Å². The Morgan fingerprint density at radius 1 is 0.650 bits per heavy atom. The number of carbonyl (C=O) groups excluding carboxylic acids is 3. The van der Waals surface area contributed by atoms with Gasteiger partial charge >= 0.3 is 5.97 Å². The van der Waals surface area contributed by atoms with Crippen LogP contribution in [0.15, 0.2) is 167 Å². The molecule has 0 fully saturated rings. The summed E-state index contributed by atoms with van der Waals surface area (Å²) in [4.78, 5) is 47.0. The van der Waals surface area contributed by atoms with E-state index in [2.05, 4.69) is 87.5 Å². The fourth-order valence-electron chi connectivity index (χ4n) is 6.88. The molecule has 0 radical (unpaired) electrons. The largest absolute Gasteiger partial charge is 0.457 e. The number of ketones is 2. The zero-order valence-corrected chi connectivity index (χ0v) is 36.0. The summed E-state index contributed by atoms with van der Waals surface area (Å²) < 4.78 is 5.73. The first-order valence-corrected chi connectivity index (χ1v) is 21.7. The zero-order valence-electron chi connectivity index (χ0n) is 34.4. The summed E-state index contributed by atoms with van der Waals surface area (Å²) in [5.41, 5.74) is 7.29. The van der Waals surface area contributed by atoms with Crippen molar-refractivity contribution in [2.24, 2.45) is 5.92 Å². The van der Waals surface area contributed by atoms with E-state index in [0.717, 1.165) is 38.5 Å². The molecule has 2 N–H and O–H groups in total. The summed E-state index contributed by atoms with van der Waals surface area (Å²) in [5.74, 6) is -0.624. The molecule has 6 nitrogen and oxygen atoms in total. The van der Waals surface area contributed by atoms with E-state index in [-0.39, 0.29) is 18.2 Å². The highest BCUT2D eigenvalue weighted by molar-refractivity contribution is 7.99. The third kappa shape index (κ3) is 10.0. The van der Waals surface area contributed by atoms with Crippen molar-refractivity contribution in [2.75, 3.05) is 23.7 Å². The number of esters is 1. The van der Waals surface area contributed by atoms with E-state index in [1.54, 1.807) is 12.1 Å². The summed E-state index contributed by atoms with van der Waals surface area (Å²) in [7, 11) is 0. The number of hydrogen-bond donors (Lipinski definition) is 2. The Labute approximate surface area is 362 Å². The van der Waals surface area contributed by atoms with Crippen molar-refractivity contribution in [3.8, 4) is 0 Å². The van der Waals surface area contributed by atoms with E-state index in [0.29, 0.717) is 74.4 Å². The number of anilines is 2. The standard InChI is InChI=1S/C50H46N2O4S2.C2H4/c1-5-28-51-38-24-26-42(57-40-18-12-10-16-36(40)29-34-22-20-33(6-2)21-23-34)46-44(38)48(53)47-43(27-25-39(45(47)49(46)54)52-30-32(3)4)58-41-19-13-11-17-37(41)50(55)56-31-35-14-8-7-9-15-35;1-2/h6-27,32,51-52H,2,5,28-31H2,1,3-4H3;1-2H2. The maximum atomic E-state index is 15.3. The molecule has 0 aliphatic heterocycles. The first-order chi connectivity index (χ1) is 29.2. The molecule has 60 heavy (non-hydrogen) atoms. The molecule has 8 heteroatoms. The van der Waals surface area contributed by atoms with E-state index in [9.17, 15) is 4.79 Å². The Morgan fingerprint density at radius 3 is 1.83 bits per heavy atom.